The molecule has 4 heterocycles. The van der Waals surface area contributed by atoms with Crippen LogP contribution in [0.3, 0.4) is 0 Å². The molecule has 2 aliphatic heterocycles. The van der Waals surface area contributed by atoms with Gasteiger partial charge >= 0.3 is 18.1 Å². The number of carbonyl (C=O) groups excluding carboxylic acids is 6. The van der Waals surface area contributed by atoms with Gasteiger partial charge < -0.3 is 51.8 Å². The van der Waals surface area contributed by atoms with Crippen molar-refractivity contribution in [2.45, 2.75) is 89.4 Å². The fourth-order valence-electron chi connectivity index (χ4n) is 8.35. The van der Waals surface area contributed by atoms with E-state index in [2.05, 4.69) is 26.6 Å². The number of aromatic nitrogens is 2. The number of rotatable bonds is 15. The minimum atomic E-state index is -5.08. The maximum absolute atomic E-state index is 15.3. The lowest BCUT2D eigenvalue weighted by Gasteiger charge is -2.31. The van der Waals surface area contributed by atoms with E-state index in [0.717, 1.165) is 16.7 Å². The number of carboxylic acid groups (broad SMARTS) is 1. The highest BCUT2D eigenvalue weighted by molar-refractivity contribution is 5.95. The van der Waals surface area contributed by atoms with Crippen molar-refractivity contribution in [2.75, 3.05) is 26.2 Å². The first-order valence-corrected chi connectivity index (χ1v) is 21.4. The Balaban J connectivity index is 0.00000101. The molecule has 0 bridgehead atoms. The molecular formula is C45H48F4N8O11. The molecule has 0 unspecified atom stereocenters. The van der Waals surface area contributed by atoms with Crippen molar-refractivity contribution in [1.82, 2.24) is 36.1 Å². The highest BCUT2D eigenvalue weighted by atomic mass is 19.4. The Morgan fingerprint density at radius 1 is 0.971 bits per heavy atom. The van der Waals surface area contributed by atoms with Crippen molar-refractivity contribution < 1.29 is 66.1 Å². The predicted octanol–water partition coefficient (Wildman–Crippen LogP) is 1.08. The van der Waals surface area contributed by atoms with Gasteiger partial charge in [-0.2, -0.15) is 13.2 Å². The molecule has 362 valence electrons. The summed E-state index contributed by atoms with van der Waals surface area (Å²) in [6.07, 6.45) is -3.77. The van der Waals surface area contributed by atoms with Gasteiger partial charge in [-0.3, -0.25) is 28.8 Å². The summed E-state index contributed by atoms with van der Waals surface area (Å²) in [5, 5.41) is 32.4. The predicted molar refractivity (Wildman–Crippen MR) is 232 cm³/mol. The molecule has 68 heavy (non-hydrogen) atoms. The highest BCUT2D eigenvalue weighted by Gasteiger charge is 2.46. The van der Waals surface area contributed by atoms with Crippen LogP contribution in [0.4, 0.5) is 17.6 Å². The minimum Gasteiger partial charge on any atom is -0.475 e. The van der Waals surface area contributed by atoms with E-state index in [9.17, 15) is 51.8 Å². The molecule has 3 aliphatic rings. The van der Waals surface area contributed by atoms with E-state index in [1.54, 1.807) is 44.2 Å². The molecule has 0 fully saturated rings. The van der Waals surface area contributed by atoms with Gasteiger partial charge in [0.25, 0.3) is 5.56 Å². The summed E-state index contributed by atoms with van der Waals surface area (Å²) in [4.78, 5) is 104. The molecular weight excluding hydrogens is 905 g/mol. The Morgan fingerprint density at radius 2 is 1.66 bits per heavy atom. The number of halogens is 4. The lowest BCUT2D eigenvalue weighted by Crippen LogP contribution is -2.52. The Labute approximate surface area is 384 Å². The number of ether oxygens (including phenoxy) is 1. The van der Waals surface area contributed by atoms with Gasteiger partial charge in [-0.1, -0.05) is 37.3 Å². The van der Waals surface area contributed by atoms with E-state index in [1.165, 1.54) is 10.6 Å². The molecule has 0 radical (unpaired) electrons. The SMILES string of the molecule is CC[C@@]1(O)C(=O)OCc2c1cc1n(c2=O)Cc2c-1nc1cc(F)c(C)c3c1c2[C@@H](NC(=O)CCCNC(=O)CNC(=O)[C@H](Cc1ccccc1)NC(=O)CNC(=O)CN)CC3.O=C(O)C(F)(F)F. The number of nitrogens with two attached hydrogens (primary N) is 1. The van der Waals surface area contributed by atoms with Crippen molar-refractivity contribution in [3.63, 3.8) is 0 Å². The average Bonchev–Trinajstić information content (AvgIpc) is 3.68. The molecule has 0 saturated carbocycles. The Bertz CT molecular complexity index is 2750. The maximum Gasteiger partial charge on any atom is 0.490 e. The topological polar surface area (TPSA) is 290 Å². The fraction of sp³-hybridized carbons (Fsp3) is 0.400. The molecule has 3 atom stereocenters. The van der Waals surface area contributed by atoms with Gasteiger partial charge in [0, 0.05) is 42.0 Å². The summed E-state index contributed by atoms with van der Waals surface area (Å²) in [6.45, 7) is 2.18. The maximum atomic E-state index is 15.3. The first-order valence-electron chi connectivity index (χ1n) is 21.4. The highest BCUT2D eigenvalue weighted by Crippen LogP contribution is 2.46. The summed E-state index contributed by atoms with van der Waals surface area (Å²) in [6, 6.07) is 10.3. The quantitative estimate of drug-likeness (QED) is 0.0415. The lowest BCUT2D eigenvalue weighted by atomic mass is 9.81. The molecule has 23 heteroatoms. The number of hydrogen-bond acceptors (Lipinski definition) is 12. The summed E-state index contributed by atoms with van der Waals surface area (Å²) < 4.78 is 53.7. The normalized spacial score (nSPS) is 16.9. The van der Waals surface area contributed by atoms with Crippen molar-refractivity contribution in [2.24, 2.45) is 5.73 Å². The van der Waals surface area contributed by atoms with Crippen LogP contribution >= 0.6 is 0 Å². The zero-order chi connectivity index (χ0) is 49.7. The summed E-state index contributed by atoms with van der Waals surface area (Å²) in [5.74, 6) is -6.61. The van der Waals surface area contributed by atoms with Gasteiger partial charge in [0.15, 0.2) is 5.60 Å². The van der Waals surface area contributed by atoms with Crippen LogP contribution in [-0.4, -0.2) is 99.6 Å². The monoisotopic (exact) mass is 952 g/mol. The van der Waals surface area contributed by atoms with E-state index in [0.29, 0.717) is 46.3 Å². The number of amides is 5. The van der Waals surface area contributed by atoms with Crippen molar-refractivity contribution in [3.05, 3.63) is 97.6 Å². The molecule has 0 saturated heterocycles. The zero-order valence-corrected chi connectivity index (χ0v) is 36.7. The molecule has 0 spiro atoms. The van der Waals surface area contributed by atoms with E-state index >= 15 is 4.39 Å². The molecule has 2 aromatic heterocycles. The van der Waals surface area contributed by atoms with E-state index in [4.69, 9.17) is 25.4 Å². The summed E-state index contributed by atoms with van der Waals surface area (Å²) in [5.41, 5.74) is 7.66. The third-order valence-corrected chi connectivity index (χ3v) is 11.8. The number of cyclic esters (lactones) is 1. The van der Waals surface area contributed by atoms with Gasteiger partial charge in [-0.25, -0.2) is 19.0 Å². The van der Waals surface area contributed by atoms with Crippen LogP contribution in [0.15, 0.2) is 47.3 Å². The first-order chi connectivity index (χ1) is 32.2. The third-order valence-electron chi connectivity index (χ3n) is 11.8. The van der Waals surface area contributed by atoms with Crippen molar-refractivity contribution >= 4 is 52.4 Å². The fourth-order valence-corrected chi connectivity index (χ4v) is 8.35. The molecule has 9 N–H and O–H groups in total. The van der Waals surface area contributed by atoms with Gasteiger partial charge in [0.1, 0.15) is 18.5 Å². The second kappa shape index (κ2) is 20.7. The molecule has 1 aliphatic carbocycles. The van der Waals surface area contributed by atoms with Gasteiger partial charge in [-0.05, 0) is 60.9 Å². The number of nitrogens with zero attached hydrogens (tertiary/aromatic N) is 2. The molecule has 19 nitrogen and oxygen atoms in total. The summed E-state index contributed by atoms with van der Waals surface area (Å²) in [7, 11) is 0. The second-order valence-electron chi connectivity index (χ2n) is 16.2. The zero-order valence-electron chi connectivity index (χ0n) is 36.7. The van der Waals surface area contributed by atoms with E-state index < -0.39 is 77.3 Å². The Hall–Kier alpha value is -7.27. The third kappa shape index (κ3) is 10.8. The number of aliphatic carboxylic acids is 1. The number of carbonyl (C=O) groups is 7. The molecule has 2 aromatic carbocycles. The van der Waals surface area contributed by atoms with E-state index in [1.807, 2.05) is 6.07 Å². The van der Waals surface area contributed by atoms with Crippen LogP contribution in [-0.2, 0) is 69.9 Å². The van der Waals surface area contributed by atoms with Crippen LogP contribution in [0.1, 0.15) is 77.6 Å². The van der Waals surface area contributed by atoms with Crippen molar-refractivity contribution in [3.8, 4) is 11.4 Å². The number of pyridine rings is 2. The van der Waals surface area contributed by atoms with Gasteiger partial charge in [-0.15, -0.1) is 0 Å². The molecule has 4 aromatic rings. The standard InChI is InChI=1S/C43H47FN8O9.C2HF3O2/c1-3-43(60)27-15-32-39-25(20-52(32)41(58)26(27)21-61-42(43)59)38-29(12-11-24-22(2)28(44)16-30(51-39)37(24)38)49-33(53)10-7-13-46-35(55)18-48-40(57)31(14-23-8-5-4-6-9-23)50-36(56)19-47-34(54)17-45;3-2(4,5)1(6)7/h4-6,8-9,15-16,29,31,60H,3,7,10-14,17-21,45H2,1-2H3,(H,46,55)(H,47,54)(H,48,57)(H,49,53)(H,50,56);(H,6,7)/t29-,31-,43-;/m0./s1. The summed E-state index contributed by atoms with van der Waals surface area (Å²) >= 11 is 0. The number of esters is 1. The lowest BCUT2D eigenvalue weighted by molar-refractivity contribution is -0.192. The number of aryl methyl sites for hydroxylation is 1. The smallest absolute Gasteiger partial charge is 0.475 e. The number of carboxylic acids is 1. The van der Waals surface area contributed by atoms with Crippen molar-refractivity contribution in [1.29, 1.82) is 0 Å². The van der Waals surface area contributed by atoms with E-state index in [-0.39, 0.29) is 75.5 Å². The van der Waals surface area contributed by atoms with Crippen LogP contribution < -0.4 is 37.9 Å². The molecule has 7 rings (SSSR count). The van der Waals surface area contributed by atoms with Crippen LogP contribution in [0.5, 0.6) is 0 Å². The average molecular weight is 953 g/mol. The second-order valence-corrected chi connectivity index (χ2v) is 16.2. The Morgan fingerprint density at radius 3 is 2.32 bits per heavy atom. The number of alkyl halides is 3. The molecule has 5 amide bonds. The minimum absolute atomic E-state index is 0.0238. The Kier molecular flexibility index (Phi) is 15.3. The largest absolute Gasteiger partial charge is 0.490 e. The number of nitrogens with one attached hydrogen (secondary N) is 5. The number of aliphatic hydroxyl groups is 1. The van der Waals surface area contributed by atoms with Gasteiger partial charge in [0.2, 0.25) is 29.5 Å². The first kappa shape index (κ1) is 50.1. The number of hydrogen-bond donors (Lipinski definition) is 8. The van der Waals surface area contributed by atoms with Crippen LogP contribution in [0.25, 0.3) is 22.3 Å². The van der Waals surface area contributed by atoms with Gasteiger partial charge in [0.05, 0.1) is 54.7 Å². The van der Waals surface area contributed by atoms with Crippen LogP contribution in [0.2, 0.25) is 0 Å². The number of fused-ring (bicyclic) bond motifs is 5. The number of benzene rings is 2. The van der Waals surface area contributed by atoms with Crippen LogP contribution in [0, 0.1) is 12.7 Å².